The van der Waals surface area contributed by atoms with Crippen LogP contribution in [0.25, 0.3) is 0 Å². The monoisotopic (exact) mass is 422 g/mol. The topological polar surface area (TPSA) is 88.2 Å². The van der Waals surface area contributed by atoms with Crippen LogP contribution in [0.15, 0.2) is 53.7 Å². The maximum Gasteiger partial charge on any atom is 0.230 e. The van der Waals surface area contributed by atoms with Crippen molar-refractivity contribution in [2.24, 2.45) is 0 Å². The Hall–Kier alpha value is -2.70. The first kappa shape index (κ1) is 9.87. The van der Waals surface area contributed by atoms with E-state index in [0.29, 0.717) is 5.69 Å². The van der Waals surface area contributed by atoms with Crippen molar-refractivity contribution < 1.29 is 27.7 Å². The molecule has 4 N–H and O–H groups in total. The quantitative estimate of drug-likeness (QED) is 0.468. The summed E-state index contributed by atoms with van der Waals surface area (Å²) in [6, 6.07) is -6.00. The van der Waals surface area contributed by atoms with Gasteiger partial charge < -0.3 is 16.2 Å². The molecular formula is C23H27N3O2S. The molecular weight excluding hydrogens is 382 g/mol. The highest BCUT2D eigenvalue weighted by Gasteiger charge is 2.08. The van der Waals surface area contributed by atoms with Gasteiger partial charge in [-0.05, 0) is 49.3 Å². The van der Waals surface area contributed by atoms with Gasteiger partial charge in [-0.2, -0.15) is 0 Å². The molecule has 152 valence electrons. The van der Waals surface area contributed by atoms with Crippen LogP contribution in [0.5, 0.6) is 0 Å². The number of carbonyl (C=O) groups is 1. The summed E-state index contributed by atoms with van der Waals surface area (Å²) < 4.78 is 107. The molecule has 0 aliphatic heterocycles. The Morgan fingerprint density at radius 2 is 2.03 bits per heavy atom. The summed E-state index contributed by atoms with van der Waals surface area (Å²) in [6.45, 7) is 1.33. The fourth-order valence-electron chi connectivity index (χ4n) is 2.17. The lowest BCUT2D eigenvalue weighted by molar-refractivity contribution is -0.115. The van der Waals surface area contributed by atoms with Crippen molar-refractivity contribution >= 4 is 28.1 Å². The molecule has 3 aromatic rings. The molecule has 29 heavy (non-hydrogen) atoms. The van der Waals surface area contributed by atoms with Crippen molar-refractivity contribution in [2.75, 3.05) is 11.1 Å². The number of benzene rings is 2. The molecule has 0 radical (unpaired) electrons. The Bertz CT molecular complexity index is 1500. The lowest BCUT2D eigenvalue weighted by Crippen LogP contribution is -2.14. The van der Waals surface area contributed by atoms with E-state index in [9.17, 15) is 9.90 Å². The average Bonchev–Trinajstić information content (AvgIpc) is 3.30. The van der Waals surface area contributed by atoms with Crippen LogP contribution in [0.2, 0.25) is 0 Å². The molecule has 0 unspecified atom stereocenters. The van der Waals surface area contributed by atoms with Gasteiger partial charge in [0.05, 0.1) is 30.5 Å². The second-order valence-electron chi connectivity index (χ2n) is 5.90. The summed E-state index contributed by atoms with van der Waals surface area (Å²) in [5, 5.41) is 14.8. The highest BCUT2D eigenvalue weighted by Crippen LogP contribution is 2.21. The van der Waals surface area contributed by atoms with Gasteiger partial charge in [0, 0.05) is 16.6 Å². The zero-order chi connectivity index (χ0) is 32.1. The van der Waals surface area contributed by atoms with Crippen molar-refractivity contribution in [3.8, 4) is 0 Å². The normalized spacial score (nSPS) is 20.4. The van der Waals surface area contributed by atoms with E-state index < -0.39 is 103 Å². The number of amides is 1. The van der Waals surface area contributed by atoms with Crippen molar-refractivity contribution in [3.05, 3.63) is 76.1 Å². The van der Waals surface area contributed by atoms with E-state index in [1.54, 1.807) is 0 Å². The van der Waals surface area contributed by atoms with Crippen molar-refractivity contribution in [1.29, 1.82) is 0 Å². The van der Waals surface area contributed by atoms with Gasteiger partial charge >= 0.3 is 0 Å². The molecule has 2 aromatic carbocycles. The predicted octanol–water partition coefficient (Wildman–Crippen LogP) is 4.66. The molecule has 0 bridgehead atoms. The number of carbonyl (C=O) groups excluding carboxylic acids is 1. The zero-order valence-electron chi connectivity index (χ0n) is 28.5. The van der Waals surface area contributed by atoms with Crippen LogP contribution in [0.4, 0.5) is 10.8 Å². The van der Waals surface area contributed by atoms with Crippen LogP contribution in [0.1, 0.15) is 65.5 Å². The minimum atomic E-state index is -3.23. The number of hydrogen-bond acceptors (Lipinski definition) is 5. The van der Waals surface area contributed by atoms with Crippen molar-refractivity contribution in [3.63, 3.8) is 0 Å². The zero-order valence-corrected chi connectivity index (χ0v) is 16.3. The lowest BCUT2D eigenvalue weighted by atomic mass is 10.0. The van der Waals surface area contributed by atoms with Gasteiger partial charge in [-0.1, -0.05) is 48.2 Å². The molecule has 3 rings (SSSR count). The van der Waals surface area contributed by atoms with Gasteiger partial charge in [0.15, 0.2) is 5.13 Å². The number of nitrogens with zero attached hydrogens (tertiary/aromatic N) is 1. The maximum atomic E-state index is 12.5. The number of hydrogen-bond donors (Lipinski definition) is 3. The van der Waals surface area contributed by atoms with Crippen molar-refractivity contribution in [1.82, 2.24) is 4.98 Å². The molecule has 0 fully saturated rings. The summed E-state index contributed by atoms with van der Waals surface area (Å²) in [5.74, 6) is -0.743. The van der Waals surface area contributed by atoms with E-state index in [1.165, 1.54) is 12.3 Å². The Balaban J connectivity index is 1.94. The molecule has 1 heterocycles. The van der Waals surface area contributed by atoms with Crippen molar-refractivity contribution in [2.45, 2.75) is 45.0 Å². The maximum absolute atomic E-state index is 12.5. The van der Waals surface area contributed by atoms with Gasteiger partial charge in [-0.3, -0.25) is 4.79 Å². The summed E-state index contributed by atoms with van der Waals surface area (Å²) in [7, 11) is 0. The number of aliphatic hydroxyl groups is 1. The van der Waals surface area contributed by atoms with Gasteiger partial charge in [0.25, 0.3) is 0 Å². The molecule has 0 aliphatic rings. The number of aromatic nitrogens is 1. The third kappa shape index (κ3) is 6.69. The Labute approximate surface area is 193 Å². The van der Waals surface area contributed by atoms with E-state index >= 15 is 0 Å². The SMILES string of the molecule is [2H]c1c([2H])c([C@@]([2H])(O)CCC([2H])([2H])C([2H])([2H])c2c([2H])c([2H])c(NC(=O)Cc3csc(N)n3)c([2H])c2[2H])c([2H])c([2H])c1C. The Morgan fingerprint density at radius 1 is 1.31 bits per heavy atom. The smallest absolute Gasteiger partial charge is 0.230 e. The molecule has 1 aromatic heterocycles. The van der Waals surface area contributed by atoms with E-state index in [-0.39, 0.29) is 17.1 Å². The van der Waals surface area contributed by atoms with E-state index in [4.69, 9.17) is 23.6 Å². The molecule has 0 aliphatic carbocycles. The molecule has 1 atom stereocenters. The van der Waals surface area contributed by atoms with Crippen LogP contribution in [0, 0.1) is 6.92 Å². The highest BCUT2D eigenvalue weighted by molar-refractivity contribution is 7.13. The number of nitrogens with one attached hydrogen (secondary N) is 1. The first-order valence-electron chi connectivity index (χ1n) is 15.1. The molecule has 0 spiro atoms. The minimum absolute atomic E-state index is 0.0213. The molecule has 5 nitrogen and oxygen atoms in total. The second kappa shape index (κ2) is 10.2. The number of rotatable bonds is 9. The molecule has 0 saturated carbocycles. The van der Waals surface area contributed by atoms with Crippen LogP contribution in [-0.4, -0.2) is 16.0 Å². The van der Waals surface area contributed by atoms with E-state index in [2.05, 4.69) is 10.3 Å². The fraction of sp³-hybridized carbons (Fsp3) is 0.304. The van der Waals surface area contributed by atoms with Crippen LogP contribution < -0.4 is 11.1 Å². The minimum Gasteiger partial charge on any atom is -0.388 e. The summed E-state index contributed by atoms with van der Waals surface area (Å²) in [4.78, 5) is 16.4. The Morgan fingerprint density at radius 3 is 2.69 bits per heavy atom. The van der Waals surface area contributed by atoms with Crippen LogP contribution in [-0.2, 0) is 17.6 Å². The third-order valence-corrected chi connectivity index (χ3v) is 4.26. The van der Waals surface area contributed by atoms with Crippen LogP contribution >= 0.6 is 11.3 Å². The highest BCUT2D eigenvalue weighted by atomic mass is 32.1. The molecule has 0 saturated heterocycles. The fourth-order valence-corrected chi connectivity index (χ4v) is 2.73. The Kier molecular flexibility index (Phi) is 3.47. The van der Waals surface area contributed by atoms with E-state index in [0.717, 1.165) is 11.3 Å². The van der Waals surface area contributed by atoms with Gasteiger partial charge in [0.1, 0.15) is 0 Å². The first-order valence-corrected chi connectivity index (χ1v) is 9.44. The van der Waals surface area contributed by atoms with Crippen LogP contribution in [0.3, 0.4) is 0 Å². The van der Waals surface area contributed by atoms with Gasteiger partial charge in [-0.25, -0.2) is 4.98 Å². The standard InChI is InChI=1S/C23H27N3O2S/c1-16-6-10-18(11-7-16)21(27)5-3-2-4-17-8-12-19(13-9-17)25-22(28)14-20-15-29-23(24)26-20/h6-13,15,21,27H,2-5,14H2,1H3,(H2,24,26)(H,25,28)/t21-/m0/s1/i2D2,4D2,6D,7D,8D,9D,10D,11D,12D,13D,21D. The third-order valence-electron chi connectivity index (χ3n) is 3.54. The largest absolute Gasteiger partial charge is 0.388 e. The van der Waals surface area contributed by atoms with Gasteiger partial charge in [0.2, 0.25) is 5.91 Å². The predicted molar refractivity (Wildman–Crippen MR) is 119 cm³/mol. The second-order valence-corrected chi connectivity index (χ2v) is 6.79. The van der Waals surface area contributed by atoms with E-state index in [1.807, 2.05) is 0 Å². The van der Waals surface area contributed by atoms with Gasteiger partial charge in [-0.15, -0.1) is 11.3 Å². The average molecular weight is 423 g/mol. The number of nitrogen functional groups attached to an aromatic ring is 1. The number of nitrogens with two attached hydrogens (primary N) is 1. The summed E-state index contributed by atoms with van der Waals surface area (Å²) in [6.07, 6.45) is -11.3. The summed E-state index contributed by atoms with van der Waals surface area (Å²) in [5.41, 5.74) is 3.59. The lowest BCUT2D eigenvalue weighted by Gasteiger charge is -2.11. The molecule has 6 heteroatoms. The first-order chi connectivity index (χ1) is 19.2. The number of thiazole rings is 1. The summed E-state index contributed by atoms with van der Waals surface area (Å²) >= 11 is 1.09. The molecule has 1 amide bonds. The number of anilines is 2.